The molecule has 1 saturated heterocycles. The number of alkyl halides is 3. The van der Waals surface area contributed by atoms with Gasteiger partial charge in [0.05, 0.1) is 16.3 Å². The number of hydrogen-bond acceptors (Lipinski definition) is 4. The Morgan fingerprint density at radius 3 is 2.41 bits per heavy atom. The van der Waals surface area contributed by atoms with E-state index >= 15 is 0 Å². The lowest BCUT2D eigenvalue weighted by Crippen LogP contribution is -2.50. The minimum Gasteiger partial charge on any atom is -0.352 e. The number of anilines is 2. The fourth-order valence-corrected chi connectivity index (χ4v) is 2.95. The largest absolute Gasteiger partial charge is 0.417 e. The lowest BCUT2D eigenvalue weighted by molar-refractivity contribution is -0.137. The second-order valence-corrected chi connectivity index (χ2v) is 6.54. The molecule has 1 aliphatic heterocycles. The summed E-state index contributed by atoms with van der Waals surface area (Å²) < 4.78 is 38.8. The number of amides is 2. The van der Waals surface area contributed by atoms with E-state index < -0.39 is 22.8 Å². The first-order valence-electron chi connectivity index (χ1n) is 8.22. The zero-order valence-corrected chi connectivity index (χ0v) is 15.2. The van der Waals surface area contributed by atoms with E-state index in [-0.39, 0.29) is 5.69 Å². The smallest absolute Gasteiger partial charge is 0.352 e. The Kier molecular flexibility index (Phi) is 5.41. The van der Waals surface area contributed by atoms with Crippen LogP contribution >= 0.6 is 11.6 Å². The highest BCUT2D eigenvalue weighted by molar-refractivity contribution is 6.31. The molecule has 1 aromatic carbocycles. The van der Waals surface area contributed by atoms with Crippen LogP contribution in [0.2, 0.25) is 5.02 Å². The normalized spacial score (nSPS) is 15.0. The van der Waals surface area contributed by atoms with Gasteiger partial charge >= 0.3 is 12.2 Å². The first-order chi connectivity index (χ1) is 12.7. The molecule has 0 bridgehead atoms. The summed E-state index contributed by atoms with van der Waals surface area (Å²) in [5.74, 6) is 0.730. The number of piperazine rings is 1. The van der Waals surface area contributed by atoms with Crippen molar-refractivity contribution in [1.29, 1.82) is 0 Å². The Balaban J connectivity index is 1.61. The number of carbonyl (C=O) groups excluding carboxylic acids is 1. The number of halogens is 4. The summed E-state index contributed by atoms with van der Waals surface area (Å²) in [4.78, 5) is 15.9. The van der Waals surface area contributed by atoms with E-state index in [0.29, 0.717) is 26.2 Å². The maximum atomic E-state index is 12.9. The van der Waals surface area contributed by atoms with Crippen LogP contribution in [0, 0.1) is 6.92 Å². The first kappa shape index (κ1) is 19.2. The van der Waals surface area contributed by atoms with Crippen molar-refractivity contribution in [2.45, 2.75) is 13.1 Å². The van der Waals surface area contributed by atoms with Crippen molar-refractivity contribution in [1.82, 2.24) is 15.1 Å². The second kappa shape index (κ2) is 7.59. The number of carbonyl (C=O) groups is 1. The van der Waals surface area contributed by atoms with Gasteiger partial charge in [0.1, 0.15) is 0 Å². The lowest BCUT2D eigenvalue weighted by Gasteiger charge is -2.35. The summed E-state index contributed by atoms with van der Waals surface area (Å²) in [6.07, 6.45) is -4.58. The monoisotopic (exact) mass is 399 g/mol. The number of nitrogens with one attached hydrogen (secondary N) is 1. The molecule has 0 radical (unpaired) electrons. The standard InChI is InChI=1S/C17H17ClF3N5O/c1-11-2-5-15(24-23-11)25-6-8-26(9-7-25)16(27)22-12-3-4-14(18)13(10-12)17(19,20)21/h2-5,10H,6-9H2,1H3,(H,22,27). The fraction of sp³-hybridized carbons (Fsp3) is 0.353. The maximum absolute atomic E-state index is 12.9. The molecule has 2 amide bonds. The molecule has 10 heteroatoms. The van der Waals surface area contributed by atoms with Gasteiger partial charge in [-0.15, -0.1) is 5.10 Å². The quantitative estimate of drug-likeness (QED) is 0.834. The van der Waals surface area contributed by atoms with Crippen LogP contribution in [0.25, 0.3) is 0 Å². The molecular weight excluding hydrogens is 383 g/mol. The molecule has 1 N–H and O–H groups in total. The van der Waals surface area contributed by atoms with Crippen molar-refractivity contribution >= 4 is 29.1 Å². The number of aromatic nitrogens is 2. The van der Waals surface area contributed by atoms with E-state index in [2.05, 4.69) is 15.5 Å². The molecule has 2 aromatic rings. The SMILES string of the molecule is Cc1ccc(N2CCN(C(=O)Nc3ccc(Cl)c(C(F)(F)F)c3)CC2)nn1. The first-order valence-corrected chi connectivity index (χ1v) is 8.60. The van der Waals surface area contributed by atoms with Crippen molar-refractivity contribution in [3.8, 4) is 0 Å². The predicted octanol–water partition coefficient (Wildman–Crippen LogP) is 3.81. The van der Waals surface area contributed by atoms with Gasteiger partial charge in [0.2, 0.25) is 0 Å². The fourth-order valence-electron chi connectivity index (χ4n) is 2.72. The Morgan fingerprint density at radius 2 is 1.81 bits per heavy atom. The van der Waals surface area contributed by atoms with E-state index in [9.17, 15) is 18.0 Å². The third-order valence-electron chi connectivity index (χ3n) is 4.20. The van der Waals surface area contributed by atoms with Gasteiger partial charge in [0, 0.05) is 31.9 Å². The van der Waals surface area contributed by atoms with Crippen LogP contribution < -0.4 is 10.2 Å². The highest BCUT2D eigenvalue weighted by atomic mass is 35.5. The Morgan fingerprint density at radius 1 is 1.11 bits per heavy atom. The van der Waals surface area contributed by atoms with Crippen molar-refractivity contribution in [3.05, 3.63) is 46.6 Å². The van der Waals surface area contributed by atoms with Gasteiger partial charge in [-0.1, -0.05) is 11.6 Å². The van der Waals surface area contributed by atoms with Crippen LogP contribution in [-0.4, -0.2) is 47.3 Å². The molecule has 0 spiro atoms. The average Bonchev–Trinajstić information content (AvgIpc) is 2.63. The molecule has 0 aliphatic carbocycles. The lowest BCUT2D eigenvalue weighted by atomic mass is 10.2. The van der Waals surface area contributed by atoms with Crippen LogP contribution in [0.1, 0.15) is 11.3 Å². The molecule has 144 valence electrons. The van der Waals surface area contributed by atoms with E-state index in [1.54, 1.807) is 4.90 Å². The highest BCUT2D eigenvalue weighted by Crippen LogP contribution is 2.36. The van der Waals surface area contributed by atoms with E-state index in [4.69, 9.17) is 11.6 Å². The van der Waals surface area contributed by atoms with Crippen LogP contribution in [0.5, 0.6) is 0 Å². The minimum absolute atomic E-state index is 0.0450. The molecule has 3 rings (SSSR count). The van der Waals surface area contributed by atoms with Crippen LogP contribution in [0.3, 0.4) is 0 Å². The molecule has 0 saturated carbocycles. The minimum atomic E-state index is -4.58. The van der Waals surface area contributed by atoms with Crippen molar-refractivity contribution in [2.24, 2.45) is 0 Å². The van der Waals surface area contributed by atoms with Gasteiger partial charge in [-0.05, 0) is 37.3 Å². The summed E-state index contributed by atoms with van der Waals surface area (Å²) in [7, 11) is 0. The third-order valence-corrected chi connectivity index (χ3v) is 4.53. The van der Waals surface area contributed by atoms with Gasteiger partial charge in [0.25, 0.3) is 0 Å². The van der Waals surface area contributed by atoms with Gasteiger partial charge < -0.3 is 15.1 Å². The number of urea groups is 1. The predicted molar refractivity (Wildman–Crippen MR) is 96.0 cm³/mol. The molecule has 27 heavy (non-hydrogen) atoms. The Labute approximate surface area is 158 Å². The van der Waals surface area contributed by atoms with Gasteiger partial charge in [0.15, 0.2) is 5.82 Å². The Hall–Kier alpha value is -2.55. The van der Waals surface area contributed by atoms with Crippen molar-refractivity contribution in [3.63, 3.8) is 0 Å². The van der Waals surface area contributed by atoms with Gasteiger partial charge in [-0.25, -0.2) is 4.79 Å². The summed E-state index contributed by atoms with van der Waals surface area (Å²) in [5, 5.41) is 10.2. The topological polar surface area (TPSA) is 61.4 Å². The molecule has 0 unspecified atom stereocenters. The molecular formula is C17H17ClF3N5O. The number of benzene rings is 1. The molecule has 1 aliphatic rings. The average molecular weight is 400 g/mol. The van der Waals surface area contributed by atoms with E-state index in [1.807, 2.05) is 24.0 Å². The van der Waals surface area contributed by atoms with Crippen LogP contribution in [0.4, 0.5) is 29.5 Å². The van der Waals surface area contributed by atoms with Crippen molar-refractivity contribution < 1.29 is 18.0 Å². The van der Waals surface area contributed by atoms with E-state index in [1.165, 1.54) is 6.07 Å². The van der Waals surface area contributed by atoms with E-state index in [0.717, 1.165) is 23.6 Å². The maximum Gasteiger partial charge on any atom is 0.417 e. The number of nitrogens with zero attached hydrogens (tertiary/aromatic N) is 4. The molecule has 6 nitrogen and oxygen atoms in total. The molecule has 2 heterocycles. The van der Waals surface area contributed by atoms with Crippen LogP contribution in [0.15, 0.2) is 30.3 Å². The molecule has 1 fully saturated rings. The summed E-state index contributed by atoms with van der Waals surface area (Å²) in [6.45, 7) is 3.79. The van der Waals surface area contributed by atoms with Crippen LogP contribution in [-0.2, 0) is 6.18 Å². The molecule has 1 aromatic heterocycles. The van der Waals surface area contributed by atoms with Gasteiger partial charge in [-0.3, -0.25) is 0 Å². The summed E-state index contributed by atoms with van der Waals surface area (Å²) >= 11 is 5.59. The summed E-state index contributed by atoms with van der Waals surface area (Å²) in [5.41, 5.74) is -0.119. The molecule has 0 atom stereocenters. The second-order valence-electron chi connectivity index (χ2n) is 6.13. The van der Waals surface area contributed by atoms with Gasteiger partial charge in [-0.2, -0.15) is 18.3 Å². The Bertz CT molecular complexity index is 820. The van der Waals surface area contributed by atoms with Crippen molar-refractivity contribution in [2.75, 3.05) is 36.4 Å². The zero-order chi connectivity index (χ0) is 19.6. The zero-order valence-electron chi connectivity index (χ0n) is 14.4. The summed E-state index contributed by atoms with van der Waals surface area (Å²) in [6, 6.07) is 6.56. The number of hydrogen-bond donors (Lipinski definition) is 1. The number of rotatable bonds is 2. The third kappa shape index (κ3) is 4.60. The number of aryl methyl sites for hydroxylation is 1. The highest BCUT2D eigenvalue weighted by Gasteiger charge is 2.33.